The predicted molar refractivity (Wildman–Crippen MR) is 87.6 cm³/mol. The van der Waals surface area contributed by atoms with Crippen molar-refractivity contribution in [3.05, 3.63) is 0 Å². The van der Waals surface area contributed by atoms with E-state index in [9.17, 15) is 64.8 Å². The van der Waals surface area contributed by atoms with Crippen LogP contribution in [-0.2, 0) is 30.4 Å². The molecule has 24 heteroatoms. The maximum absolute atomic E-state index is 11.0. The first-order valence-corrected chi connectivity index (χ1v) is 11.7. The normalized spacial score (nSPS) is 13.1. The molecule has 6 N–H and O–H groups in total. The third kappa shape index (κ3) is 59.1. The molecule has 0 rings (SSSR count). The molecular weight excluding hydrogens is 567 g/mol. The van der Waals surface area contributed by atoms with Gasteiger partial charge < -0.3 is 15.3 Å². The number of rotatable bonds is 5. The molecule has 0 saturated heterocycles. The topological polar surface area (TPSA) is 224 Å². The van der Waals surface area contributed by atoms with Crippen LogP contribution in [0.1, 0.15) is 0 Å². The summed E-state index contributed by atoms with van der Waals surface area (Å²) in [6.07, 6.45) is -15.5. The first kappa shape index (κ1) is 39.2. The third-order valence-electron chi connectivity index (χ3n) is 1.46. The fourth-order valence-corrected chi connectivity index (χ4v) is 1.92. The molecule has 0 aromatic carbocycles. The molecule has 12 nitrogen and oxygen atoms in total. The molecule has 0 aromatic rings. The van der Waals surface area contributed by atoms with E-state index in [1.165, 1.54) is 0 Å². The second kappa shape index (κ2) is 15.1. The average molecular weight is 584 g/mol. The van der Waals surface area contributed by atoms with Gasteiger partial charge in [0.2, 0.25) is 0 Å². The Hall–Kier alpha value is -1.02. The van der Waals surface area contributed by atoms with Crippen molar-refractivity contribution in [2.24, 2.45) is 0 Å². The Labute approximate surface area is 179 Å². The van der Waals surface area contributed by atoms with Crippen molar-refractivity contribution >= 4 is 30.4 Å². The van der Waals surface area contributed by atoms with Crippen LogP contribution in [0.15, 0.2) is 0 Å². The highest BCUT2D eigenvalue weighted by molar-refractivity contribution is 7.86. The fourth-order valence-electron chi connectivity index (χ4n) is 0.678. The minimum atomic E-state index is -4.91. The first-order valence-electron chi connectivity index (χ1n) is 6.88. The maximum atomic E-state index is 11.0. The summed E-state index contributed by atoms with van der Waals surface area (Å²) >= 11 is 0. The summed E-state index contributed by atoms with van der Waals surface area (Å²) in [5, 5.41) is 24.0. The minimum Gasteiger partial charge on any atom is -0.394 e. The molecule has 0 aliphatic heterocycles. The lowest BCUT2D eigenvalue weighted by atomic mass is 10.4. The van der Waals surface area contributed by atoms with Crippen LogP contribution in [0.5, 0.6) is 0 Å². The van der Waals surface area contributed by atoms with Crippen LogP contribution < -0.4 is 0 Å². The van der Waals surface area contributed by atoms with E-state index in [1.807, 2.05) is 0 Å². The van der Waals surface area contributed by atoms with Gasteiger partial charge in [-0.25, -0.2) is 0 Å². The number of halogens is 9. The van der Waals surface area contributed by atoms with Gasteiger partial charge in [-0.3, -0.25) is 13.7 Å². The second-order valence-electron chi connectivity index (χ2n) is 5.04. The molecule has 0 saturated carbocycles. The Morgan fingerprint density at radius 2 is 0.667 bits per heavy atom. The number of hydrogen-bond donors (Lipinski definition) is 6. The molecule has 0 spiro atoms. The predicted octanol–water partition coefficient (Wildman–Crippen LogP) is -0.359. The molecule has 0 fully saturated rings. The largest absolute Gasteiger partial charge is 0.405 e. The van der Waals surface area contributed by atoms with Gasteiger partial charge in [-0.05, 0) is 0 Å². The van der Waals surface area contributed by atoms with Gasteiger partial charge in [0.15, 0.2) is 17.3 Å². The SMILES string of the molecule is O=S(=O)(O)CC(F)(F)F.O=S(=O)(O)CC(F)(F)F.O=S(=O)(O)CC(F)(F)F.OCC(O)CO. The lowest BCUT2D eigenvalue weighted by Gasteiger charge is -2.00. The summed E-state index contributed by atoms with van der Waals surface area (Å²) in [6.45, 7) is -0.729. The van der Waals surface area contributed by atoms with Gasteiger partial charge in [-0.15, -0.1) is 0 Å². The van der Waals surface area contributed by atoms with E-state index in [1.54, 1.807) is 0 Å². The van der Waals surface area contributed by atoms with Crippen molar-refractivity contribution in [1.82, 2.24) is 0 Å². The second-order valence-corrected chi connectivity index (χ2v) is 9.40. The monoisotopic (exact) mass is 584 g/mol. The van der Waals surface area contributed by atoms with Crippen LogP contribution in [0.3, 0.4) is 0 Å². The molecule has 0 aliphatic rings. The van der Waals surface area contributed by atoms with Gasteiger partial charge in [-0.2, -0.15) is 64.8 Å². The number of aliphatic hydroxyl groups excluding tert-OH is 3. The van der Waals surface area contributed by atoms with Crippen molar-refractivity contribution in [2.75, 3.05) is 30.5 Å². The number of hydrogen-bond acceptors (Lipinski definition) is 9. The fraction of sp³-hybridized carbons (Fsp3) is 1.00. The lowest BCUT2D eigenvalue weighted by Crippen LogP contribution is -2.21. The highest BCUT2D eigenvalue weighted by atomic mass is 32.2. The molecule has 0 aromatic heterocycles. The van der Waals surface area contributed by atoms with E-state index in [-0.39, 0.29) is 13.2 Å². The summed E-state index contributed by atoms with van der Waals surface area (Å²) in [6, 6.07) is 0. The number of aliphatic hydroxyl groups is 3. The summed E-state index contributed by atoms with van der Waals surface area (Å²) in [5.74, 6) is -6.54. The summed E-state index contributed by atoms with van der Waals surface area (Å²) in [5.41, 5.74) is 0. The van der Waals surface area contributed by atoms with Crippen molar-refractivity contribution in [3.63, 3.8) is 0 Å². The van der Waals surface area contributed by atoms with Crippen molar-refractivity contribution in [3.8, 4) is 0 Å². The first-order chi connectivity index (χ1) is 13.9. The molecule has 0 atom stereocenters. The Kier molecular flexibility index (Phi) is 17.9. The Balaban J connectivity index is -0.000000172. The molecule has 0 heterocycles. The standard InChI is InChI=1S/C3H8O3.3C2H3F3O3S/c4-1-3(6)2-5;3*3-2(4,5)1-9(6,7)8/h3-6H,1-2H2;3*1H2,(H,6,7,8). The van der Waals surface area contributed by atoms with E-state index < -0.39 is 72.2 Å². The van der Waals surface area contributed by atoms with Crippen molar-refractivity contribution in [2.45, 2.75) is 24.6 Å². The van der Waals surface area contributed by atoms with Crippen LogP contribution >= 0.6 is 0 Å². The summed E-state index contributed by atoms with van der Waals surface area (Å²) < 4.78 is 179. The molecule has 33 heavy (non-hydrogen) atoms. The maximum Gasteiger partial charge on any atom is 0.405 e. The third-order valence-corrected chi connectivity index (χ3v) is 3.54. The Morgan fingerprint density at radius 1 is 0.515 bits per heavy atom. The molecule has 0 radical (unpaired) electrons. The van der Waals surface area contributed by atoms with E-state index >= 15 is 0 Å². The van der Waals surface area contributed by atoms with Crippen LogP contribution in [0.4, 0.5) is 39.5 Å². The summed E-state index contributed by atoms with van der Waals surface area (Å²) in [7, 11) is -14.7. The Bertz CT molecular complexity index is 720. The van der Waals surface area contributed by atoms with E-state index in [0.29, 0.717) is 0 Å². The lowest BCUT2D eigenvalue weighted by molar-refractivity contribution is -0.108. The zero-order valence-electron chi connectivity index (χ0n) is 15.4. The van der Waals surface area contributed by atoms with Gasteiger partial charge in [0.1, 0.15) is 6.10 Å². The zero-order chi connectivity index (χ0) is 28.1. The molecular formula is C9H17F9O12S3. The molecule has 0 amide bonds. The molecule has 0 aliphatic carbocycles. The zero-order valence-corrected chi connectivity index (χ0v) is 17.8. The Morgan fingerprint density at radius 3 is 0.667 bits per heavy atom. The summed E-state index contributed by atoms with van der Waals surface area (Å²) in [4.78, 5) is 0. The minimum absolute atomic E-state index is 0.365. The van der Waals surface area contributed by atoms with Gasteiger partial charge in [0, 0.05) is 0 Å². The van der Waals surface area contributed by atoms with Crippen LogP contribution in [0.2, 0.25) is 0 Å². The quantitative estimate of drug-likeness (QED) is 0.180. The van der Waals surface area contributed by atoms with Gasteiger partial charge in [-0.1, -0.05) is 0 Å². The molecule has 0 unspecified atom stereocenters. The van der Waals surface area contributed by atoms with Gasteiger partial charge in [0.05, 0.1) is 13.2 Å². The van der Waals surface area contributed by atoms with Crippen LogP contribution in [0, 0.1) is 0 Å². The smallest absolute Gasteiger partial charge is 0.394 e. The van der Waals surface area contributed by atoms with Gasteiger partial charge in [0.25, 0.3) is 30.4 Å². The van der Waals surface area contributed by atoms with Gasteiger partial charge >= 0.3 is 18.5 Å². The van der Waals surface area contributed by atoms with E-state index in [4.69, 9.17) is 29.0 Å². The van der Waals surface area contributed by atoms with Crippen LogP contribution in [-0.4, -0.2) is 109 Å². The highest BCUT2D eigenvalue weighted by Crippen LogP contribution is 2.17. The van der Waals surface area contributed by atoms with Crippen molar-refractivity contribution in [1.29, 1.82) is 0 Å². The van der Waals surface area contributed by atoms with E-state index in [0.717, 1.165) is 0 Å². The molecule has 206 valence electrons. The van der Waals surface area contributed by atoms with Crippen LogP contribution in [0.25, 0.3) is 0 Å². The van der Waals surface area contributed by atoms with Crippen molar-refractivity contribution < 1.29 is 93.7 Å². The highest BCUT2D eigenvalue weighted by Gasteiger charge is 2.35. The average Bonchev–Trinajstić information content (AvgIpc) is 2.36. The number of alkyl halides is 9. The molecule has 0 bridgehead atoms. The van der Waals surface area contributed by atoms with E-state index in [2.05, 4.69) is 0 Å².